The first-order valence-electron chi connectivity index (χ1n) is 5.93. The van der Waals surface area contributed by atoms with E-state index >= 15 is 0 Å². The van der Waals surface area contributed by atoms with E-state index in [0.717, 1.165) is 11.8 Å². The standard InChI is InChI=1S/C14H18O3/c1-14(2)16-10-12(8-9-15)13(17-14)11-6-4-3-5-7-11/h3-7,9,12-13H,8,10H2,1-2H3/t12-,13-/m1/s1. The summed E-state index contributed by atoms with van der Waals surface area (Å²) >= 11 is 0. The first kappa shape index (κ1) is 12.3. The van der Waals surface area contributed by atoms with Gasteiger partial charge in [-0.05, 0) is 19.4 Å². The van der Waals surface area contributed by atoms with Crippen molar-refractivity contribution in [2.45, 2.75) is 32.2 Å². The smallest absolute Gasteiger partial charge is 0.163 e. The summed E-state index contributed by atoms with van der Waals surface area (Å²) in [6.45, 7) is 4.37. The molecule has 3 nitrogen and oxygen atoms in total. The van der Waals surface area contributed by atoms with Crippen molar-refractivity contribution in [1.82, 2.24) is 0 Å². The molecule has 1 saturated heterocycles. The average molecular weight is 234 g/mol. The van der Waals surface area contributed by atoms with Crippen LogP contribution in [-0.2, 0) is 14.3 Å². The quantitative estimate of drug-likeness (QED) is 0.754. The van der Waals surface area contributed by atoms with E-state index in [2.05, 4.69) is 0 Å². The molecule has 0 saturated carbocycles. The third-order valence-corrected chi connectivity index (χ3v) is 3.01. The number of carbonyl (C=O) groups is 1. The minimum atomic E-state index is -0.583. The van der Waals surface area contributed by atoms with E-state index in [0.29, 0.717) is 13.0 Å². The highest BCUT2D eigenvalue weighted by atomic mass is 16.7. The van der Waals surface area contributed by atoms with Crippen LogP contribution in [0, 0.1) is 5.92 Å². The van der Waals surface area contributed by atoms with Crippen LogP contribution in [0.3, 0.4) is 0 Å². The van der Waals surface area contributed by atoms with Crippen molar-refractivity contribution in [3.8, 4) is 0 Å². The Hall–Kier alpha value is -1.19. The van der Waals surface area contributed by atoms with Gasteiger partial charge in [0.2, 0.25) is 0 Å². The lowest BCUT2D eigenvalue weighted by Crippen LogP contribution is -2.41. The second kappa shape index (κ2) is 4.98. The molecule has 0 amide bonds. The number of hydrogen-bond donors (Lipinski definition) is 0. The summed E-state index contributed by atoms with van der Waals surface area (Å²) in [5.41, 5.74) is 1.11. The molecular formula is C14H18O3. The lowest BCUT2D eigenvalue weighted by Gasteiger charge is -2.40. The van der Waals surface area contributed by atoms with Gasteiger partial charge in [0, 0.05) is 12.3 Å². The molecule has 1 fully saturated rings. The van der Waals surface area contributed by atoms with Crippen LogP contribution in [0.5, 0.6) is 0 Å². The van der Waals surface area contributed by atoms with Crippen molar-refractivity contribution in [3.63, 3.8) is 0 Å². The molecule has 2 atom stereocenters. The number of carbonyl (C=O) groups excluding carboxylic acids is 1. The third-order valence-electron chi connectivity index (χ3n) is 3.01. The van der Waals surface area contributed by atoms with E-state index in [1.807, 2.05) is 44.2 Å². The van der Waals surface area contributed by atoms with E-state index in [-0.39, 0.29) is 12.0 Å². The van der Waals surface area contributed by atoms with E-state index in [9.17, 15) is 4.79 Å². The number of aldehydes is 1. The molecule has 0 N–H and O–H groups in total. The topological polar surface area (TPSA) is 35.5 Å². The molecule has 1 aliphatic rings. The number of ether oxygens (including phenoxy) is 2. The highest BCUT2D eigenvalue weighted by molar-refractivity contribution is 5.50. The van der Waals surface area contributed by atoms with Gasteiger partial charge in [0.1, 0.15) is 6.29 Å². The Morgan fingerprint density at radius 2 is 2.06 bits per heavy atom. The SMILES string of the molecule is CC1(C)OC[C@@H](CC=O)[C@@H](c2ccccc2)O1. The molecule has 1 heterocycles. The largest absolute Gasteiger partial charge is 0.350 e. The van der Waals surface area contributed by atoms with Gasteiger partial charge in [-0.15, -0.1) is 0 Å². The Morgan fingerprint density at radius 3 is 2.71 bits per heavy atom. The van der Waals surface area contributed by atoms with Gasteiger partial charge in [-0.3, -0.25) is 0 Å². The number of benzene rings is 1. The van der Waals surface area contributed by atoms with Crippen LogP contribution in [0.25, 0.3) is 0 Å². The Kier molecular flexibility index (Phi) is 3.60. The summed E-state index contributed by atoms with van der Waals surface area (Å²) in [5, 5.41) is 0. The van der Waals surface area contributed by atoms with Crippen molar-refractivity contribution >= 4 is 6.29 Å². The summed E-state index contributed by atoms with van der Waals surface area (Å²) in [4.78, 5) is 10.7. The minimum Gasteiger partial charge on any atom is -0.350 e. The molecule has 0 bridgehead atoms. The molecule has 0 spiro atoms. The first-order valence-corrected chi connectivity index (χ1v) is 5.93. The molecule has 0 aliphatic carbocycles. The van der Waals surface area contributed by atoms with E-state index < -0.39 is 5.79 Å². The molecule has 1 aromatic carbocycles. The zero-order valence-electron chi connectivity index (χ0n) is 10.3. The predicted molar refractivity (Wildman–Crippen MR) is 64.5 cm³/mol. The molecule has 92 valence electrons. The Balaban J connectivity index is 2.22. The van der Waals surface area contributed by atoms with E-state index in [1.165, 1.54) is 0 Å². The molecular weight excluding hydrogens is 216 g/mol. The molecule has 1 aliphatic heterocycles. The van der Waals surface area contributed by atoms with Gasteiger partial charge in [0.25, 0.3) is 0 Å². The fraction of sp³-hybridized carbons (Fsp3) is 0.500. The second-order valence-electron chi connectivity index (χ2n) is 4.82. The maximum atomic E-state index is 10.7. The molecule has 2 rings (SSSR count). The van der Waals surface area contributed by atoms with Crippen LogP contribution in [-0.4, -0.2) is 18.7 Å². The summed E-state index contributed by atoms with van der Waals surface area (Å²) in [5.74, 6) is -0.484. The monoisotopic (exact) mass is 234 g/mol. The predicted octanol–water partition coefficient (Wildman–Crippen LogP) is 2.72. The summed E-state index contributed by atoms with van der Waals surface area (Å²) < 4.78 is 11.5. The fourth-order valence-corrected chi connectivity index (χ4v) is 2.13. The third kappa shape index (κ3) is 2.93. The van der Waals surface area contributed by atoms with Gasteiger partial charge in [-0.25, -0.2) is 0 Å². The minimum absolute atomic E-state index is 0.0647. The average Bonchev–Trinajstić information content (AvgIpc) is 2.32. The molecule has 0 aromatic heterocycles. The lowest BCUT2D eigenvalue weighted by molar-refractivity contribution is -0.295. The Labute approximate surface area is 102 Å². The van der Waals surface area contributed by atoms with Gasteiger partial charge >= 0.3 is 0 Å². The van der Waals surface area contributed by atoms with Crippen molar-refractivity contribution < 1.29 is 14.3 Å². The van der Waals surface area contributed by atoms with Crippen molar-refractivity contribution in [1.29, 1.82) is 0 Å². The summed E-state index contributed by atoms with van der Waals surface area (Å²) in [6.07, 6.45) is 1.34. The Bertz CT molecular complexity index is 372. The molecule has 17 heavy (non-hydrogen) atoms. The van der Waals surface area contributed by atoms with Crippen molar-refractivity contribution in [2.24, 2.45) is 5.92 Å². The van der Waals surface area contributed by atoms with Crippen molar-refractivity contribution in [2.75, 3.05) is 6.61 Å². The van der Waals surface area contributed by atoms with Gasteiger partial charge in [-0.2, -0.15) is 0 Å². The maximum absolute atomic E-state index is 10.7. The van der Waals surface area contributed by atoms with Gasteiger partial charge in [0.15, 0.2) is 5.79 Å². The number of hydrogen-bond acceptors (Lipinski definition) is 3. The van der Waals surface area contributed by atoms with Gasteiger partial charge in [-0.1, -0.05) is 30.3 Å². The van der Waals surface area contributed by atoms with Crippen molar-refractivity contribution in [3.05, 3.63) is 35.9 Å². The van der Waals surface area contributed by atoms with E-state index in [4.69, 9.17) is 9.47 Å². The van der Waals surface area contributed by atoms with Crippen LogP contribution < -0.4 is 0 Å². The highest BCUT2D eigenvalue weighted by Gasteiger charge is 2.36. The van der Waals surface area contributed by atoms with Gasteiger partial charge in [0.05, 0.1) is 12.7 Å². The summed E-state index contributed by atoms with van der Waals surface area (Å²) in [6, 6.07) is 10.0. The highest BCUT2D eigenvalue weighted by Crippen LogP contribution is 2.37. The normalized spacial score (nSPS) is 27.6. The Morgan fingerprint density at radius 1 is 1.35 bits per heavy atom. The number of rotatable bonds is 3. The van der Waals surface area contributed by atoms with Crippen LogP contribution in [0.2, 0.25) is 0 Å². The molecule has 0 unspecified atom stereocenters. The zero-order chi connectivity index (χ0) is 12.3. The fourth-order valence-electron chi connectivity index (χ4n) is 2.13. The van der Waals surface area contributed by atoms with Crippen LogP contribution in [0.1, 0.15) is 31.9 Å². The van der Waals surface area contributed by atoms with E-state index in [1.54, 1.807) is 0 Å². The summed E-state index contributed by atoms with van der Waals surface area (Å²) in [7, 11) is 0. The molecule has 1 aromatic rings. The van der Waals surface area contributed by atoms with Crippen LogP contribution >= 0.6 is 0 Å². The first-order chi connectivity index (χ1) is 8.12. The second-order valence-corrected chi connectivity index (χ2v) is 4.82. The molecule has 3 heteroatoms. The zero-order valence-corrected chi connectivity index (χ0v) is 10.3. The molecule has 0 radical (unpaired) electrons. The lowest BCUT2D eigenvalue weighted by atomic mass is 9.92. The van der Waals surface area contributed by atoms with Crippen LogP contribution in [0.15, 0.2) is 30.3 Å². The maximum Gasteiger partial charge on any atom is 0.163 e. The van der Waals surface area contributed by atoms with Crippen LogP contribution in [0.4, 0.5) is 0 Å². The van der Waals surface area contributed by atoms with Gasteiger partial charge < -0.3 is 14.3 Å².